The lowest BCUT2D eigenvalue weighted by Crippen LogP contribution is -2.21. The Morgan fingerprint density at radius 3 is 3.00 bits per heavy atom. The molecule has 2 nitrogen and oxygen atoms in total. The molecule has 2 atom stereocenters. The Bertz CT molecular complexity index is 224. The van der Waals surface area contributed by atoms with E-state index in [2.05, 4.69) is 6.07 Å². The van der Waals surface area contributed by atoms with E-state index in [4.69, 9.17) is 4.74 Å². The van der Waals surface area contributed by atoms with Gasteiger partial charge in [0.1, 0.15) is 4.75 Å². The van der Waals surface area contributed by atoms with Gasteiger partial charge in [-0.15, -0.1) is 11.8 Å². The van der Waals surface area contributed by atoms with E-state index in [1.54, 1.807) is 0 Å². The number of nitriles is 1. The minimum atomic E-state index is -0.0635. The SMILES string of the molecule is N#CC1(CCC2CCCO2)CCCS1. The fourth-order valence-corrected chi connectivity index (χ4v) is 3.60. The molecule has 2 rings (SSSR count). The van der Waals surface area contributed by atoms with E-state index in [-0.39, 0.29) is 4.75 Å². The molecule has 2 saturated heterocycles. The third-order valence-electron chi connectivity index (χ3n) is 3.20. The molecule has 0 aromatic heterocycles. The zero-order valence-electron chi connectivity index (χ0n) is 8.50. The molecule has 14 heavy (non-hydrogen) atoms. The van der Waals surface area contributed by atoms with Crippen molar-refractivity contribution in [3.63, 3.8) is 0 Å². The van der Waals surface area contributed by atoms with Crippen molar-refractivity contribution in [3.05, 3.63) is 0 Å². The van der Waals surface area contributed by atoms with Gasteiger partial charge in [0.25, 0.3) is 0 Å². The second-order valence-electron chi connectivity index (χ2n) is 4.23. The lowest BCUT2D eigenvalue weighted by molar-refractivity contribution is 0.101. The maximum Gasteiger partial charge on any atom is 0.102 e. The van der Waals surface area contributed by atoms with Crippen LogP contribution in [0, 0.1) is 11.3 Å². The highest BCUT2D eigenvalue weighted by atomic mass is 32.2. The summed E-state index contributed by atoms with van der Waals surface area (Å²) >= 11 is 1.86. The van der Waals surface area contributed by atoms with Gasteiger partial charge in [0.15, 0.2) is 0 Å². The maximum absolute atomic E-state index is 9.18. The van der Waals surface area contributed by atoms with Crippen molar-refractivity contribution in [2.75, 3.05) is 12.4 Å². The van der Waals surface area contributed by atoms with Crippen LogP contribution in [0.25, 0.3) is 0 Å². The Morgan fingerprint density at radius 2 is 2.43 bits per heavy atom. The highest BCUT2D eigenvalue weighted by molar-refractivity contribution is 8.01. The lowest BCUT2D eigenvalue weighted by Gasteiger charge is -2.20. The number of hydrogen-bond acceptors (Lipinski definition) is 3. The third-order valence-corrected chi connectivity index (χ3v) is 4.75. The molecule has 0 aliphatic carbocycles. The quantitative estimate of drug-likeness (QED) is 0.719. The van der Waals surface area contributed by atoms with Gasteiger partial charge in [-0.25, -0.2) is 0 Å². The zero-order chi connectivity index (χ0) is 9.86. The molecule has 2 aliphatic rings. The molecule has 0 spiro atoms. The molecular formula is C11H17NOS. The Kier molecular flexibility index (Phi) is 3.35. The molecule has 0 aromatic rings. The van der Waals surface area contributed by atoms with E-state index >= 15 is 0 Å². The normalized spacial score (nSPS) is 37.2. The van der Waals surface area contributed by atoms with Crippen molar-refractivity contribution >= 4 is 11.8 Å². The van der Waals surface area contributed by atoms with Crippen LogP contribution in [0.15, 0.2) is 0 Å². The summed E-state index contributed by atoms with van der Waals surface area (Å²) < 4.78 is 5.52. The van der Waals surface area contributed by atoms with Crippen LogP contribution in [-0.2, 0) is 4.74 Å². The predicted octanol–water partition coefficient (Wildman–Crippen LogP) is 2.73. The minimum absolute atomic E-state index is 0.0635. The van der Waals surface area contributed by atoms with Gasteiger partial charge < -0.3 is 4.74 Å². The zero-order valence-corrected chi connectivity index (χ0v) is 9.31. The minimum Gasteiger partial charge on any atom is -0.378 e. The van der Waals surface area contributed by atoms with Crippen molar-refractivity contribution in [3.8, 4) is 6.07 Å². The van der Waals surface area contributed by atoms with Crippen LogP contribution in [0.2, 0.25) is 0 Å². The van der Waals surface area contributed by atoms with Crippen molar-refractivity contribution in [1.29, 1.82) is 5.26 Å². The van der Waals surface area contributed by atoms with Crippen LogP contribution < -0.4 is 0 Å². The second-order valence-corrected chi connectivity index (χ2v) is 5.71. The van der Waals surface area contributed by atoms with Gasteiger partial charge in [-0.05, 0) is 44.3 Å². The lowest BCUT2D eigenvalue weighted by atomic mass is 9.96. The standard InChI is InChI=1S/C11H17NOS/c12-9-11(5-2-8-14-11)6-4-10-3-1-7-13-10/h10H,1-8H2. The smallest absolute Gasteiger partial charge is 0.102 e. The summed E-state index contributed by atoms with van der Waals surface area (Å²) in [5, 5.41) is 9.18. The summed E-state index contributed by atoms with van der Waals surface area (Å²) in [6.07, 6.45) is 7.26. The van der Waals surface area contributed by atoms with Crippen molar-refractivity contribution < 1.29 is 4.74 Å². The van der Waals surface area contributed by atoms with E-state index in [9.17, 15) is 5.26 Å². The molecule has 78 valence electrons. The molecule has 0 aromatic carbocycles. The molecule has 0 bridgehead atoms. The largest absolute Gasteiger partial charge is 0.378 e. The summed E-state index contributed by atoms with van der Waals surface area (Å²) in [5.74, 6) is 1.17. The van der Waals surface area contributed by atoms with Crippen LogP contribution in [0.3, 0.4) is 0 Å². The topological polar surface area (TPSA) is 33.0 Å². The third kappa shape index (κ3) is 2.24. The molecule has 3 heteroatoms. The van der Waals surface area contributed by atoms with Gasteiger partial charge in [-0.1, -0.05) is 0 Å². The Labute approximate surface area is 90.0 Å². The second kappa shape index (κ2) is 4.55. The summed E-state index contributed by atoms with van der Waals surface area (Å²) in [7, 11) is 0. The Balaban J connectivity index is 1.80. The van der Waals surface area contributed by atoms with Crippen molar-refractivity contribution in [2.45, 2.75) is 49.4 Å². The van der Waals surface area contributed by atoms with E-state index < -0.39 is 0 Å². The number of thioether (sulfide) groups is 1. The molecule has 0 amide bonds. The number of nitrogens with zero attached hydrogens (tertiary/aromatic N) is 1. The highest BCUT2D eigenvalue weighted by Gasteiger charge is 2.35. The van der Waals surface area contributed by atoms with Gasteiger partial charge in [-0.2, -0.15) is 5.26 Å². The van der Waals surface area contributed by atoms with Gasteiger partial charge in [-0.3, -0.25) is 0 Å². The first-order valence-electron chi connectivity index (χ1n) is 5.51. The maximum atomic E-state index is 9.18. The van der Waals surface area contributed by atoms with Gasteiger partial charge in [0.05, 0.1) is 12.2 Å². The highest BCUT2D eigenvalue weighted by Crippen LogP contribution is 2.42. The average molecular weight is 211 g/mol. The number of hydrogen-bond donors (Lipinski definition) is 0. The first kappa shape index (κ1) is 10.3. The van der Waals surface area contributed by atoms with E-state index in [1.807, 2.05) is 11.8 Å². The molecular weight excluding hydrogens is 194 g/mol. The van der Waals surface area contributed by atoms with E-state index in [0.717, 1.165) is 25.9 Å². The predicted molar refractivity (Wildman–Crippen MR) is 58.2 cm³/mol. The summed E-state index contributed by atoms with van der Waals surface area (Å²) in [6.45, 7) is 0.928. The summed E-state index contributed by atoms with van der Waals surface area (Å²) in [4.78, 5) is 0. The van der Waals surface area contributed by atoms with Crippen molar-refractivity contribution in [1.82, 2.24) is 0 Å². The molecule has 0 radical (unpaired) electrons. The summed E-state index contributed by atoms with van der Waals surface area (Å²) in [6, 6.07) is 2.51. The van der Waals surface area contributed by atoms with Crippen LogP contribution >= 0.6 is 11.8 Å². The molecule has 2 fully saturated rings. The molecule has 2 heterocycles. The van der Waals surface area contributed by atoms with Crippen LogP contribution in [-0.4, -0.2) is 23.2 Å². The van der Waals surface area contributed by atoms with E-state index in [0.29, 0.717) is 6.10 Å². The fraction of sp³-hybridized carbons (Fsp3) is 0.909. The van der Waals surface area contributed by atoms with Gasteiger partial charge in [0.2, 0.25) is 0 Å². The molecule has 2 unspecified atom stereocenters. The van der Waals surface area contributed by atoms with Crippen LogP contribution in [0.5, 0.6) is 0 Å². The first-order chi connectivity index (χ1) is 6.85. The van der Waals surface area contributed by atoms with Gasteiger partial charge >= 0.3 is 0 Å². The van der Waals surface area contributed by atoms with E-state index in [1.165, 1.54) is 25.0 Å². The number of rotatable bonds is 3. The molecule has 2 aliphatic heterocycles. The van der Waals surface area contributed by atoms with Crippen LogP contribution in [0.4, 0.5) is 0 Å². The Hall–Kier alpha value is -0.200. The molecule has 0 N–H and O–H groups in total. The average Bonchev–Trinajstić information content (AvgIpc) is 2.87. The van der Waals surface area contributed by atoms with Gasteiger partial charge in [0, 0.05) is 6.61 Å². The fourth-order valence-electron chi connectivity index (χ4n) is 2.30. The number of ether oxygens (including phenoxy) is 1. The van der Waals surface area contributed by atoms with Crippen molar-refractivity contribution in [2.24, 2.45) is 0 Å². The van der Waals surface area contributed by atoms with Crippen LogP contribution in [0.1, 0.15) is 38.5 Å². The Morgan fingerprint density at radius 1 is 1.50 bits per heavy atom. The molecule has 0 saturated carbocycles. The first-order valence-corrected chi connectivity index (χ1v) is 6.50. The monoisotopic (exact) mass is 211 g/mol. The summed E-state index contributed by atoms with van der Waals surface area (Å²) in [5.41, 5.74) is 0.